The number of benzene rings is 1. The number of primary sulfonamides is 1. The van der Waals surface area contributed by atoms with Gasteiger partial charge in [-0.3, -0.25) is 4.98 Å². The van der Waals surface area contributed by atoms with Crippen molar-refractivity contribution in [1.82, 2.24) is 14.5 Å². The average molecular weight is 391 g/mol. The molecular formula is C19H26N4O3S. The Balaban J connectivity index is 1.96. The van der Waals surface area contributed by atoms with Gasteiger partial charge in [-0.25, -0.2) is 18.5 Å². The Morgan fingerprint density at radius 1 is 1.22 bits per heavy atom. The fraction of sp³-hybridized carbons (Fsp3) is 0.474. The molecule has 0 fully saturated rings. The SMILES string of the molecule is CCOCc1nc2cnc3ccccc3c2n1C(C)CCCCS(N)(=O)=O. The molecule has 1 aromatic carbocycles. The van der Waals surface area contributed by atoms with E-state index in [0.717, 1.165) is 40.6 Å². The van der Waals surface area contributed by atoms with Crippen molar-refractivity contribution in [3.8, 4) is 0 Å². The van der Waals surface area contributed by atoms with Crippen LogP contribution in [0.5, 0.6) is 0 Å². The number of nitrogens with zero attached hydrogens (tertiary/aromatic N) is 3. The Bertz CT molecular complexity index is 1030. The first kappa shape index (κ1) is 19.7. The molecule has 0 bridgehead atoms. The summed E-state index contributed by atoms with van der Waals surface area (Å²) in [5, 5.41) is 6.15. The van der Waals surface area contributed by atoms with Gasteiger partial charge in [0, 0.05) is 18.0 Å². The normalized spacial score (nSPS) is 13.4. The summed E-state index contributed by atoms with van der Waals surface area (Å²) >= 11 is 0. The molecule has 0 aliphatic heterocycles. The van der Waals surface area contributed by atoms with Gasteiger partial charge in [-0.05, 0) is 32.8 Å². The Kier molecular flexibility index (Phi) is 6.08. The summed E-state index contributed by atoms with van der Waals surface area (Å²) in [7, 11) is -3.41. The lowest BCUT2D eigenvalue weighted by molar-refractivity contribution is 0.124. The third-order valence-corrected chi connectivity index (χ3v) is 5.53. The largest absolute Gasteiger partial charge is 0.374 e. The number of unbranched alkanes of at least 4 members (excludes halogenated alkanes) is 1. The Morgan fingerprint density at radius 2 is 2.00 bits per heavy atom. The molecule has 2 aromatic heterocycles. The van der Waals surface area contributed by atoms with Crippen LogP contribution in [0.15, 0.2) is 30.5 Å². The van der Waals surface area contributed by atoms with Crippen LogP contribution >= 0.6 is 0 Å². The number of aromatic nitrogens is 3. The van der Waals surface area contributed by atoms with Crippen LogP contribution in [0.3, 0.4) is 0 Å². The molecule has 27 heavy (non-hydrogen) atoms. The van der Waals surface area contributed by atoms with Crippen LogP contribution in [0, 0.1) is 0 Å². The maximum absolute atomic E-state index is 11.1. The molecule has 146 valence electrons. The van der Waals surface area contributed by atoms with Gasteiger partial charge in [0.15, 0.2) is 0 Å². The molecule has 1 unspecified atom stereocenters. The molecule has 3 rings (SSSR count). The summed E-state index contributed by atoms with van der Waals surface area (Å²) in [5.74, 6) is 0.882. The van der Waals surface area contributed by atoms with Crippen molar-refractivity contribution in [1.29, 1.82) is 0 Å². The maximum Gasteiger partial charge on any atom is 0.209 e. The number of para-hydroxylation sites is 1. The maximum atomic E-state index is 11.1. The van der Waals surface area contributed by atoms with Gasteiger partial charge >= 0.3 is 0 Å². The number of hydrogen-bond donors (Lipinski definition) is 1. The topological polar surface area (TPSA) is 100 Å². The molecule has 0 amide bonds. The molecule has 0 spiro atoms. The molecule has 1 atom stereocenters. The molecule has 8 heteroatoms. The highest BCUT2D eigenvalue weighted by molar-refractivity contribution is 7.89. The van der Waals surface area contributed by atoms with Crippen LogP contribution in [0.25, 0.3) is 21.9 Å². The highest BCUT2D eigenvalue weighted by Crippen LogP contribution is 2.30. The first-order valence-corrected chi connectivity index (χ1v) is 10.9. The van der Waals surface area contributed by atoms with Gasteiger partial charge in [0.25, 0.3) is 0 Å². The smallest absolute Gasteiger partial charge is 0.209 e. The highest BCUT2D eigenvalue weighted by atomic mass is 32.2. The van der Waals surface area contributed by atoms with Crippen molar-refractivity contribution in [2.45, 2.75) is 45.8 Å². The van der Waals surface area contributed by atoms with Crippen LogP contribution < -0.4 is 5.14 Å². The lowest BCUT2D eigenvalue weighted by atomic mass is 10.1. The molecule has 2 heterocycles. The third kappa shape index (κ3) is 4.63. The van der Waals surface area contributed by atoms with Crippen molar-refractivity contribution in [2.75, 3.05) is 12.4 Å². The van der Waals surface area contributed by atoms with Gasteiger partial charge < -0.3 is 9.30 Å². The van der Waals surface area contributed by atoms with E-state index >= 15 is 0 Å². The Hall–Kier alpha value is -2.03. The number of nitrogens with two attached hydrogens (primary N) is 1. The van der Waals surface area contributed by atoms with Crippen LogP contribution in [0.2, 0.25) is 0 Å². The van der Waals surface area contributed by atoms with Gasteiger partial charge in [-0.1, -0.05) is 24.6 Å². The predicted molar refractivity (Wildman–Crippen MR) is 107 cm³/mol. The molecule has 0 aliphatic carbocycles. The quantitative estimate of drug-likeness (QED) is 0.566. The molecular weight excluding hydrogens is 364 g/mol. The number of rotatable bonds is 9. The Labute approximate surface area is 159 Å². The zero-order valence-electron chi connectivity index (χ0n) is 15.8. The first-order valence-electron chi connectivity index (χ1n) is 9.23. The molecule has 3 aromatic rings. The van der Waals surface area contributed by atoms with Gasteiger partial charge in [0.2, 0.25) is 10.0 Å². The minimum Gasteiger partial charge on any atom is -0.374 e. The van der Waals surface area contributed by atoms with Crippen molar-refractivity contribution in [3.05, 3.63) is 36.3 Å². The minimum atomic E-state index is -3.41. The number of imidazole rings is 1. The fourth-order valence-corrected chi connectivity index (χ4v) is 4.02. The van der Waals surface area contributed by atoms with E-state index in [1.54, 1.807) is 6.20 Å². The molecule has 7 nitrogen and oxygen atoms in total. The van der Waals surface area contributed by atoms with E-state index in [1.165, 1.54) is 0 Å². The highest BCUT2D eigenvalue weighted by Gasteiger charge is 2.18. The van der Waals surface area contributed by atoms with Crippen molar-refractivity contribution >= 4 is 32.0 Å². The lowest BCUT2D eigenvalue weighted by Crippen LogP contribution is -2.17. The monoisotopic (exact) mass is 390 g/mol. The fourth-order valence-electron chi connectivity index (χ4n) is 3.42. The number of hydrogen-bond acceptors (Lipinski definition) is 5. The van der Waals surface area contributed by atoms with E-state index in [4.69, 9.17) is 14.9 Å². The summed E-state index contributed by atoms with van der Waals surface area (Å²) in [6.07, 6.45) is 3.96. The zero-order chi connectivity index (χ0) is 19.4. The predicted octanol–water partition coefficient (Wildman–Crippen LogP) is 3.14. The lowest BCUT2D eigenvalue weighted by Gasteiger charge is -2.18. The second kappa shape index (κ2) is 8.33. The average Bonchev–Trinajstić information content (AvgIpc) is 3.01. The van der Waals surface area contributed by atoms with E-state index in [1.807, 2.05) is 25.1 Å². The molecule has 0 radical (unpaired) electrons. The van der Waals surface area contributed by atoms with Crippen LogP contribution in [0.1, 0.15) is 45.0 Å². The van der Waals surface area contributed by atoms with E-state index in [-0.39, 0.29) is 11.8 Å². The van der Waals surface area contributed by atoms with Crippen LogP contribution in [-0.4, -0.2) is 35.3 Å². The van der Waals surface area contributed by atoms with Gasteiger partial charge in [0.1, 0.15) is 17.9 Å². The zero-order valence-corrected chi connectivity index (χ0v) is 16.6. The number of sulfonamides is 1. The summed E-state index contributed by atoms with van der Waals surface area (Å²) in [5.41, 5.74) is 2.82. The van der Waals surface area contributed by atoms with E-state index in [9.17, 15) is 8.42 Å². The van der Waals surface area contributed by atoms with Crippen LogP contribution in [0.4, 0.5) is 0 Å². The molecule has 0 aliphatic rings. The van der Waals surface area contributed by atoms with Crippen LogP contribution in [-0.2, 0) is 21.4 Å². The Morgan fingerprint density at radius 3 is 2.74 bits per heavy atom. The number of ether oxygens (including phenoxy) is 1. The number of pyridine rings is 1. The molecule has 2 N–H and O–H groups in total. The standard InChI is InChI=1S/C19H26N4O3S/c1-3-26-13-18-22-17-12-21-16-10-5-4-9-15(16)19(17)23(18)14(2)8-6-7-11-27(20,24)25/h4-5,9-10,12,14H,3,6-8,11,13H2,1-2H3,(H2,20,24,25). The van der Waals surface area contributed by atoms with Crippen molar-refractivity contribution in [2.24, 2.45) is 5.14 Å². The molecule has 0 saturated carbocycles. The second-order valence-corrected chi connectivity index (χ2v) is 8.49. The van der Waals surface area contributed by atoms with Gasteiger partial charge in [-0.15, -0.1) is 0 Å². The van der Waals surface area contributed by atoms with Crippen molar-refractivity contribution < 1.29 is 13.2 Å². The first-order chi connectivity index (χ1) is 12.9. The van der Waals surface area contributed by atoms with E-state index in [0.29, 0.717) is 19.6 Å². The van der Waals surface area contributed by atoms with Gasteiger partial charge in [0.05, 0.1) is 23.0 Å². The third-order valence-electron chi connectivity index (χ3n) is 4.67. The summed E-state index contributed by atoms with van der Waals surface area (Å²) in [6, 6.07) is 8.17. The van der Waals surface area contributed by atoms with E-state index in [2.05, 4.69) is 22.5 Å². The van der Waals surface area contributed by atoms with E-state index < -0.39 is 10.0 Å². The number of fused-ring (bicyclic) bond motifs is 3. The van der Waals surface area contributed by atoms with Crippen molar-refractivity contribution in [3.63, 3.8) is 0 Å². The van der Waals surface area contributed by atoms with Gasteiger partial charge in [-0.2, -0.15) is 0 Å². The minimum absolute atomic E-state index is 0.0169. The second-order valence-electron chi connectivity index (χ2n) is 6.76. The summed E-state index contributed by atoms with van der Waals surface area (Å²) < 4.78 is 30.1. The summed E-state index contributed by atoms with van der Waals surface area (Å²) in [4.78, 5) is 9.26. The molecule has 0 saturated heterocycles. The summed E-state index contributed by atoms with van der Waals surface area (Å²) in [6.45, 7) is 5.13.